The van der Waals surface area contributed by atoms with Crippen molar-refractivity contribution in [3.63, 3.8) is 0 Å². The molecule has 0 N–H and O–H groups in total. The Morgan fingerprint density at radius 2 is 1.05 bits per heavy atom. The van der Waals surface area contributed by atoms with Crippen LogP contribution in [0.1, 0.15) is 61.1 Å². The Morgan fingerprint density at radius 3 is 1.42 bits per heavy atom. The van der Waals surface area contributed by atoms with E-state index in [0.717, 1.165) is 0 Å². The van der Waals surface area contributed by atoms with Gasteiger partial charge in [0.1, 0.15) is 8.07 Å². The van der Waals surface area contributed by atoms with Gasteiger partial charge in [0, 0.05) is 0 Å². The van der Waals surface area contributed by atoms with Gasteiger partial charge in [0.15, 0.2) is 0 Å². The molecular weight excluding hydrogens is 579 g/mol. The van der Waals surface area contributed by atoms with E-state index >= 15 is 0 Å². The predicted octanol–water partition coefficient (Wildman–Crippen LogP) is -2.12. The molecule has 1 unspecified atom stereocenters. The molecule has 0 nitrogen and oxygen atoms in total. The van der Waals surface area contributed by atoms with Gasteiger partial charge in [-0.1, -0.05) is 91.5 Å². The minimum atomic E-state index is -2.67. The van der Waals surface area contributed by atoms with Crippen LogP contribution in [0.4, 0.5) is 0 Å². The largest absolute Gasteiger partial charge is 4.00 e. The van der Waals surface area contributed by atoms with Gasteiger partial charge >= 0.3 is 21.7 Å². The molecule has 1 aliphatic rings. The molecule has 0 heterocycles. The van der Waals surface area contributed by atoms with Gasteiger partial charge in [0.2, 0.25) is 0 Å². The molecular formula is C33H39Cl3SiTi. The Kier molecular flexibility index (Phi) is 13.2. The second kappa shape index (κ2) is 13.5. The smallest absolute Gasteiger partial charge is 1.00 e. The normalized spacial score (nSPS) is 16.5. The predicted molar refractivity (Wildman–Crippen MR) is 152 cm³/mol. The molecule has 0 radical (unpaired) electrons. The second-order valence-electron chi connectivity index (χ2n) is 10.7. The van der Waals surface area contributed by atoms with Crippen LogP contribution in [-0.4, -0.2) is 8.07 Å². The third kappa shape index (κ3) is 5.58. The zero-order chi connectivity index (χ0) is 25.0. The number of hydrogen-bond donors (Lipinski definition) is 0. The maximum absolute atomic E-state index is 4.10. The fraction of sp³-hybridized carbons (Fsp3) is 0.333. The molecule has 4 rings (SSSR count). The Bertz CT molecular complexity index is 1300. The van der Waals surface area contributed by atoms with E-state index in [0.29, 0.717) is 0 Å². The van der Waals surface area contributed by atoms with E-state index in [1.165, 1.54) is 65.7 Å². The Morgan fingerprint density at radius 1 is 0.632 bits per heavy atom. The minimum Gasteiger partial charge on any atom is -1.00 e. The summed E-state index contributed by atoms with van der Waals surface area (Å²) in [7, 11) is -2.67. The second-order valence-corrected chi connectivity index (χ2v) is 14.9. The molecule has 38 heavy (non-hydrogen) atoms. The number of rotatable bonds is 4. The van der Waals surface area contributed by atoms with Crippen LogP contribution in [0.5, 0.6) is 0 Å². The Labute approximate surface area is 265 Å². The SMILES string of the molecule is CC1=[C-]C(C)([Si](c2cc(C)cc(C)c2)(c2cccc(C)c2C)c2cccc(C)c2C)C(C)=C1C.[Cl-].[Cl-].[Cl-].[Ti+4]. The van der Waals surface area contributed by atoms with Crippen molar-refractivity contribution in [1.29, 1.82) is 0 Å². The third-order valence-corrected chi connectivity index (χ3v) is 14.6. The molecule has 0 saturated heterocycles. The van der Waals surface area contributed by atoms with Crippen molar-refractivity contribution in [2.45, 2.75) is 74.3 Å². The van der Waals surface area contributed by atoms with Crippen molar-refractivity contribution >= 4 is 23.6 Å². The van der Waals surface area contributed by atoms with Crippen LogP contribution >= 0.6 is 0 Å². The van der Waals surface area contributed by atoms with Crippen LogP contribution in [-0.2, 0) is 21.7 Å². The van der Waals surface area contributed by atoms with E-state index in [2.05, 4.69) is 130 Å². The molecule has 5 heteroatoms. The number of aryl methyl sites for hydroxylation is 4. The summed E-state index contributed by atoms with van der Waals surface area (Å²) in [6, 6.07) is 21.2. The van der Waals surface area contributed by atoms with Gasteiger partial charge in [0.05, 0.1) is 0 Å². The number of hydrogen-bond acceptors (Lipinski definition) is 0. The van der Waals surface area contributed by atoms with Crippen molar-refractivity contribution < 1.29 is 58.9 Å². The van der Waals surface area contributed by atoms with E-state index in [-0.39, 0.29) is 64.0 Å². The van der Waals surface area contributed by atoms with Gasteiger partial charge in [-0.25, -0.2) is 5.57 Å². The summed E-state index contributed by atoms with van der Waals surface area (Å²) in [6.07, 6.45) is 4.10. The molecule has 0 saturated carbocycles. The fourth-order valence-electron chi connectivity index (χ4n) is 6.38. The fourth-order valence-corrected chi connectivity index (χ4v) is 13.2. The first-order valence-electron chi connectivity index (χ1n) is 12.5. The van der Waals surface area contributed by atoms with E-state index in [9.17, 15) is 0 Å². The quantitative estimate of drug-likeness (QED) is 0.179. The van der Waals surface area contributed by atoms with Gasteiger partial charge in [-0.05, 0) is 79.4 Å². The molecule has 0 fully saturated rings. The number of halogens is 3. The number of benzene rings is 3. The molecule has 0 aliphatic heterocycles. The maximum atomic E-state index is 4.10. The van der Waals surface area contributed by atoms with E-state index in [1.54, 1.807) is 0 Å². The molecule has 3 aromatic rings. The van der Waals surface area contributed by atoms with Crippen molar-refractivity contribution in [2.24, 2.45) is 0 Å². The summed E-state index contributed by atoms with van der Waals surface area (Å²) in [5.74, 6) is 0. The van der Waals surface area contributed by atoms with Gasteiger partial charge in [-0.15, -0.1) is 6.92 Å². The Hall–Kier alpha value is -1.06. The summed E-state index contributed by atoms with van der Waals surface area (Å²) < 4.78 is 0. The standard InChI is InChI=1S/C33H39Si.3ClH.Ti/c1-21-17-22(2)19-30(18-21)34(31-15-11-13-23(3)27(31)7,32-16-12-14-24(4)28(32)8)33(10)20-25(5)26(6)29(33)9;;;;/h11-19H,1-10H3;3*1H;/q-1;;;;+4/p-3. The molecule has 1 atom stereocenters. The number of allylic oxidation sites excluding steroid dienone is 4. The molecule has 0 aromatic heterocycles. The van der Waals surface area contributed by atoms with E-state index in [1.807, 2.05) is 0 Å². The summed E-state index contributed by atoms with van der Waals surface area (Å²) in [5, 5.41) is 4.33. The first-order valence-corrected chi connectivity index (χ1v) is 14.5. The summed E-state index contributed by atoms with van der Waals surface area (Å²) >= 11 is 0. The zero-order valence-corrected chi connectivity index (χ0v) is 29.2. The van der Waals surface area contributed by atoms with Crippen LogP contribution in [0.3, 0.4) is 0 Å². The van der Waals surface area contributed by atoms with E-state index < -0.39 is 8.07 Å². The summed E-state index contributed by atoms with van der Waals surface area (Å²) in [6.45, 7) is 23.1. The molecule has 0 spiro atoms. The van der Waals surface area contributed by atoms with Gasteiger partial charge in [0.25, 0.3) is 0 Å². The monoisotopic (exact) mass is 616 g/mol. The molecule has 0 bridgehead atoms. The van der Waals surface area contributed by atoms with Crippen molar-refractivity contribution in [1.82, 2.24) is 0 Å². The summed E-state index contributed by atoms with van der Waals surface area (Å²) in [5.41, 5.74) is 12.4. The van der Waals surface area contributed by atoms with Crippen LogP contribution in [0.2, 0.25) is 5.04 Å². The first kappa shape index (κ1) is 36.9. The van der Waals surface area contributed by atoms with Crippen LogP contribution in [0.15, 0.2) is 71.3 Å². The van der Waals surface area contributed by atoms with Gasteiger partial charge in [-0.3, -0.25) is 6.08 Å². The van der Waals surface area contributed by atoms with E-state index in [4.69, 9.17) is 0 Å². The van der Waals surface area contributed by atoms with Gasteiger partial charge < -0.3 is 37.2 Å². The minimum absolute atomic E-state index is 0. The third-order valence-electron chi connectivity index (χ3n) is 8.73. The van der Waals surface area contributed by atoms with Gasteiger partial charge in [-0.2, -0.15) is 11.1 Å². The molecule has 200 valence electrons. The average molecular weight is 618 g/mol. The summed E-state index contributed by atoms with van der Waals surface area (Å²) in [4.78, 5) is 0. The topological polar surface area (TPSA) is 0 Å². The van der Waals surface area contributed by atoms with Crippen LogP contribution in [0, 0.1) is 47.6 Å². The van der Waals surface area contributed by atoms with Crippen molar-refractivity contribution in [3.8, 4) is 0 Å². The Balaban J connectivity index is 0.00000342. The molecule has 0 amide bonds. The molecule has 1 aliphatic carbocycles. The molecule has 3 aromatic carbocycles. The van der Waals surface area contributed by atoms with Crippen LogP contribution < -0.4 is 52.8 Å². The van der Waals surface area contributed by atoms with Crippen LogP contribution in [0.25, 0.3) is 0 Å². The van der Waals surface area contributed by atoms with Crippen molar-refractivity contribution in [2.75, 3.05) is 0 Å². The average Bonchev–Trinajstić information content (AvgIpc) is 2.97. The first-order chi connectivity index (χ1) is 15.9. The maximum Gasteiger partial charge on any atom is 4.00 e. The van der Waals surface area contributed by atoms with Crippen molar-refractivity contribution in [3.05, 3.63) is 111 Å². The zero-order valence-electron chi connectivity index (χ0n) is 24.3.